The standard InChI is InChI=1S/C13H17FN4O2S.ClH/c14-10-3-1-4-11-13(10)16-12(17-21(11,19)20)9-18-7-2-5-15-6-8-18;/h1,3-4,15H,2,5-9H2,(H,16,17);1H. The largest absolute Gasteiger partial charge is 0.338 e. The van der Waals surface area contributed by atoms with Gasteiger partial charge < -0.3 is 10.6 Å². The Morgan fingerprint density at radius 3 is 2.91 bits per heavy atom. The highest BCUT2D eigenvalue weighted by Crippen LogP contribution is 2.29. The molecule has 0 aliphatic carbocycles. The number of amidine groups is 1. The molecule has 0 atom stereocenters. The summed E-state index contributed by atoms with van der Waals surface area (Å²) in [6.45, 7) is 3.84. The first-order valence-electron chi connectivity index (χ1n) is 6.89. The minimum atomic E-state index is -3.83. The Morgan fingerprint density at radius 2 is 2.09 bits per heavy atom. The number of anilines is 1. The zero-order valence-electron chi connectivity index (χ0n) is 11.9. The van der Waals surface area contributed by atoms with Gasteiger partial charge in [0.15, 0.2) is 0 Å². The van der Waals surface area contributed by atoms with Crippen LogP contribution < -0.4 is 10.6 Å². The van der Waals surface area contributed by atoms with Crippen LogP contribution in [0.1, 0.15) is 6.42 Å². The SMILES string of the molecule is Cl.O=S1(=O)N=C(CN2CCCNCC2)Nc2c(F)cccc21. The summed E-state index contributed by atoms with van der Waals surface area (Å²) in [5.41, 5.74) is -0.00422. The van der Waals surface area contributed by atoms with E-state index in [0.717, 1.165) is 32.6 Å². The lowest BCUT2D eigenvalue weighted by Crippen LogP contribution is -2.37. The van der Waals surface area contributed by atoms with E-state index >= 15 is 0 Å². The third-order valence-electron chi connectivity index (χ3n) is 3.56. The van der Waals surface area contributed by atoms with Crippen LogP contribution in [-0.2, 0) is 10.0 Å². The second kappa shape index (κ2) is 6.91. The van der Waals surface area contributed by atoms with Crippen LogP contribution in [0.15, 0.2) is 27.5 Å². The molecule has 1 aromatic carbocycles. The number of nitrogens with one attached hydrogen (secondary N) is 2. The van der Waals surface area contributed by atoms with Gasteiger partial charge in [-0.2, -0.15) is 8.42 Å². The molecule has 2 aliphatic rings. The molecule has 2 heterocycles. The van der Waals surface area contributed by atoms with Crippen LogP contribution in [0.4, 0.5) is 10.1 Å². The Kier molecular flexibility index (Phi) is 5.38. The molecule has 0 spiro atoms. The summed E-state index contributed by atoms with van der Waals surface area (Å²) >= 11 is 0. The molecule has 1 fully saturated rings. The minimum absolute atomic E-state index is 0. The molecule has 0 saturated carbocycles. The molecule has 0 amide bonds. The van der Waals surface area contributed by atoms with E-state index in [0.29, 0.717) is 6.54 Å². The minimum Gasteiger partial charge on any atom is -0.338 e. The van der Waals surface area contributed by atoms with Crippen LogP contribution in [-0.4, -0.2) is 51.9 Å². The molecule has 0 bridgehead atoms. The van der Waals surface area contributed by atoms with E-state index in [1.54, 1.807) is 0 Å². The second-order valence-corrected chi connectivity index (χ2v) is 6.70. The van der Waals surface area contributed by atoms with Gasteiger partial charge in [0.05, 0.1) is 12.2 Å². The number of hydrogen-bond donors (Lipinski definition) is 2. The maximum atomic E-state index is 13.8. The Bertz CT molecular complexity index is 673. The lowest BCUT2D eigenvalue weighted by molar-refractivity contribution is 0.333. The van der Waals surface area contributed by atoms with Crippen molar-refractivity contribution in [1.29, 1.82) is 0 Å². The zero-order valence-corrected chi connectivity index (χ0v) is 13.5. The van der Waals surface area contributed by atoms with Crippen molar-refractivity contribution >= 4 is 34.0 Å². The molecule has 3 rings (SSSR count). The second-order valence-electron chi connectivity index (χ2n) is 5.13. The summed E-state index contributed by atoms with van der Waals surface area (Å²) in [6.07, 6.45) is 0.991. The molecule has 2 N–H and O–H groups in total. The molecule has 1 saturated heterocycles. The van der Waals surface area contributed by atoms with Gasteiger partial charge in [-0.3, -0.25) is 4.90 Å². The molecule has 0 aromatic heterocycles. The fourth-order valence-corrected chi connectivity index (χ4v) is 3.69. The first-order chi connectivity index (χ1) is 10.1. The average Bonchev–Trinajstić information content (AvgIpc) is 2.68. The molecule has 9 heteroatoms. The van der Waals surface area contributed by atoms with Crippen LogP contribution in [0.5, 0.6) is 0 Å². The van der Waals surface area contributed by atoms with E-state index in [1.165, 1.54) is 18.2 Å². The molecular weight excluding hydrogens is 331 g/mol. The van der Waals surface area contributed by atoms with Gasteiger partial charge in [0, 0.05) is 13.1 Å². The van der Waals surface area contributed by atoms with Gasteiger partial charge in [0.2, 0.25) is 0 Å². The summed E-state index contributed by atoms with van der Waals surface area (Å²) in [4.78, 5) is 2.00. The number of rotatable bonds is 2. The van der Waals surface area contributed by atoms with Crippen LogP contribution >= 0.6 is 12.4 Å². The van der Waals surface area contributed by atoms with E-state index in [2.05, 4.69) is 19.9 Å². The van der Waals surface area contributed by atoms with Crippen molar-refractivity contribution in [2.24, 2.45) is 4.40 Å². The lowest BCUT2D eigenvalue weighted by Gasteiger charge is -2.24. The van der Waals surface area contributed by atoms with Crippen LogP contribution in [0.3, 0.4) is 0 Å². The van der Waals surface area contributed by atoms with Crippen molar-refractivity contribution in [2.45, 2.75) is 11.3 Å². The Balaban J connectivity index is 0.00000176. The van der Waals surface area contributed by atoms with Crippen molar-refractivity contribution in [2.75, 3.05) is 38.0 Å². The highest BCUT2D eigenvalue weighted by molar-refractivity contribution is 7.90. The fourth-order valence-electron chi connectivity index (χ4n) is 2.54. The number of nitrogens with zero attached hydrogens (tertiary/aromatic N) is 2. The third kappa shape index (κ3) is 3.57. The van der Waals surface area contributed by atoms with Crippen molar-refractivity contribution < 1.29 is 12.8 Å². The molecular formula is C13H18ClFN4O2S. The van der Waals surface area contributed by atoms with Gasteiger partial charge >= 0.3 is 0 Å². The topological polar surface area (TPSA) is 73.8 Å². The maximum Gasteiger partial charge on any atom is 0.286 e. The predicted molar refractivity (Wildman–Crippen MR) is 85.8 cm³/mol. The average molecular weight is 349 g/mol. The summed E-state index contributed by atoms with van der Waals surface area (Å²) in [5.74, 6) is -0.310. The predicted octanol–water partition coefficient (Wildman–Crippen LogP) is 1.06. The van der Waals surface area contributed by atoms with E-state index < -0.39 is 15.8 Å². The molecule has 0 unspecified atom stereocenters. The zero-order chi connectivity index (χ0) is 14.9. The van der Waals surface area contributed by atoms with Gasteiger partial charge in [-0.05, 0) is 31.6 Å². The van der Waals surface area contributed by atoms with Gasteiger partial charge in [-0.25, -0.2) is 4.39 Å². The van der Waals surface area contributed by atoms with Crippen molar-refractivity contribution in [3.05, 3.63) is 24.0 Å². The van der Waals surface area contributed by atoms with E-state index in [1.807, 2.05) is 0 Å². The van der Waals surface area contributed by atoms with E-state index in [-0.39, 0.29) is 28.8 Å². The number of halogens is 2. The van der Waals surface area contributed by atoms with Gasteiger partial charge in [0.1, 0.15) is 16.5 Å². The van der Waals surface area contributed by atoms with Crippen molar-refractivity contribution in [3.63, 3.8) is 0 Å². The molecule has 0 radical (unpaired) electrons. The molecule has 2 aliphatic heterocycles. The molecule has 22 heavy (non-hydrogen) atoms. The molecule has 122 valence electrons. The Labute approximate surface area is 135 Å². The van der Waals surface area contributed by atoms with Gasteiger partial charge in [0.25, 0.3) is 10.0 Å². The lowest BCUT2D eigenvalue weighted by atomic mass is 10.3. The molecule has 1 aromatic rings. The number of para-hydroxylation sites is 1. The maximum absolute atomic E-state index is 13.8. The number of fused-ring (bicyclic) bond motifs is 1. The quantitative estimate of drug-likeness (QED) is 0.836. The molecule has 6 nitrogen and oxygen atoms in total. The van der Waals surface area contributed by atoms with E-state index in [4.69, 9.17) is 0 Å². The highest BCUT2D eigenvalue weighted by atomic mass is 35.5. The van der Waals surface area contributed by atoms with Crippen LogP contribution in [0, 0.1) is 5.82 Å². The number of benzene rings is 1. The monoisotopic (exact) mass is 348 g/mol. The summed E-state index contributed by atoms with van der Waals surface area (Å²) < 4.78 is 41.8. The van der Waals surface area contributed by atoms with E-state index in [9.17, 15) is 12.8 Å². The van der Waals surface area contributed by atoms with Crippen LogP contribution in [0.25, 0.3) is 0 Å². The number of sulfonamides is 1. The summed E-state index contributed by atoms with van der Waals surface area (Å²) in [5, 5.41) is 6.10. The first kappa shape index (κ1) is 17.1. The van der Waals surface area contributed by atoms with Gasteiger partial charge in [-0.15, -0.1) is 16.8 Å². The van der Waals surface area contributed by atoms with Crippen molar-refractivity contribution in [3.8, 4) is 0 Å². The highest BCUT2D eigenvalue weighted by Gasteiger charge is 2.27. The van der Waals surface area contributed by atoms with Crippen molar-refractivity contribution in [1.82, 2.24) is 10.2 Å². The number of hydrogen-bond acceptors (Lipinski definition) is 5. The fraction of sp³-hybridized carbons (Fsp3) is 0.462. The first-order valence-corrected chi connectivity index (χ1v) is 8.33. The smallest absolute Gasteiger partial charge is 0.286 e. The normalized spacial score (nSPS) is 20.9. The summed E-state index contributed by atoms with van der Waals surface area (Å²) in [6, 6.07) is 3.96. The Hall–Kier alpha value is -1.22. The van der Waals surface area contributed by atoms with Gasteiger partial charge in [-0.1, -0.05) is 6.07 Å². The third-order valence-corrected chi connectivity index (χ3v) is 4.92. The Morgan fingerprint density at radius 1 is 1.27 bits per heavy atom. The summed E-state index contributed by atoms with van der Waals surface area (Å²) in [7, 11) is -3.83. The van der Waals surface area contributed by atoms with Crippen LogP contribution in [0.2, 0.25) is 0 Å².